The molecule has 0 aliphatic heterocycles. The summed E-state index contributed by atoms with van der Waals surface area (Å²) in [4.78, 5) is 6.51. The Balaban J connectivity index is 1.96. The zero-order valence-corrected chi connectivity index (χ0v) is 12.9. The van der Waals surface area contributed by atoms with Gasteiger partial charge in [0, 0.05) is 13.0 Å². The minimum Gasteiger partial charge on any atom is -0.389 e. The number of rotatable bonds is 7. The maximum absolute atomic E-state index is 9.89. The van der Waals surface area contributed by atoms with Crippen molar-refractivity contribution in [1.82, 2.24) is 15.0 Å². The highest BCUT2D eigenvalue weighted by molar-refractivity contribution is 5.18. The molecule has 1 heterocycles. The van der Waals surface area contributed by atoms with E-state index in [0.29, 0.717) is 31.2 Å². The van der Waals surface area contributed by atoms with Gasteiger partial charge in [0.15, 0.2) is 5.82 Å². The highest BCUT2D eigenvalue weighted by atomic mass is 16.5. The largest absolute Gasteiger partial charge is 0.389 e. The topological polar surface area (TPSA) is 62.4 Å². The molecule has 1 N–H and O–H groups in total. The third-order valence-corrected chi connectivity index (χ3v) is 3.13. The van der Waals surface area contributed by atoms with E-state index in [1.165, 1.54) is 0 Å². The fraction of sp³-hybridized carbons (Fsp3) is 0.500. The van der Waals surface area contributed by atoms with E-state index in [4.69, 9.17) is 4.52 Å². The number of benzene rings is 1. The first-order valence-corrected chi connectivity index (χ1v) is 7.26. The molecule has 2 rings (SSSR count). The van der Waals surface area contributed by atoms with E-state index >= 15 is 0 Å². The van der Waals surface area contributed by atoms with E-state index in [0.717, 1.165) is 12.1 Å². The smallest absolute Gasteiger partial charge is 0.240 e. The van der Waals surface area contributed by atoms with Crippen LogP contribution in [0.5, 0.6) is 0 Å². The van der Waals surface area contributed by atoms with Crippen LogP contribution < -0.4 is 0 Å². The van der Waals surface area contributed by atoms with E-state index in [9.17, 15) is 5.11 Å². The van der Waals surface area contributed by atoms with Crippen LogP contribution in [0.1, 0.15) is 38.0 Å². The van der Waals surface area contributed by atoms with E-state index in [1.54, 1.807) is 13.8 Å². The zero-order valence-electron chi connectivity index (χ0n) is 12.9. The van der Waals surface area contributed by atoms with Crippen LogP contribution in [0.2, 0.25) is 0 Å². The van der Waals surface area contributed by atoms with Gasteiger partial charge in [0.25, 0.3) is 0 Å². The van der Waals surface area contributed by atoms with Crippen LogP contribution in [-0.4, -0.2) is 38.8 Å². The fourth-order valence-corrected chi connectivity index (χ4v) is 2.22. The monoisotopic (exact) mass is 289 g/mol. The minimum atomic E-state index is -0.733. The predicted octanol–water partition coefficient (Wildman–Crippen LogP) is 2.25. The zero-order chi connectivity index (χ0) is 15.3. The number of hydrogen-bond donors (Lipinski definition) is 1. The third kappa shape index (κ3) is 5.28. The van der Waals surface area contributed by atoms with Crippen LogP contribution >= 0.6 is 0 Å². The predicted molar refractivity (Wildman–Crippen MR) is 80.8 cm³/mol. The van der Waals surface area contributed by atoms with Gasteiger partial charge in [0.1, 0.15) is 0 Å². The van der Waals surface area contributed by atoms with Crippen molar-refractivity contribution in [3.63, 3.8) is 0 Å². The second kappa shape index (κ2) is 6.83. The first-order valence-electron chi connectivity index (χ1n) is 7.26. The van der Waals surface area contributed by atoms with Gasteiger partial charge in [0.05, 0.1) is 12.1 Å². The molecule has 2 aromatic rings. The molecule has 1 aromatic carbocycles. The lowest BCUT2D eigenvalue weighted by Gasteiger charge is -2.26. The standard InChI is InChI=1S/C16H23N3O2/c1-4-19(12-16(2,3)20)11-15-17-14(18-21-15)10-13-8-6-5-7-9-13/h5-9,20H,4,10-12H2,1-3H3. The van der Waals surface area contributed by atoms with Gasteiger partial charge >= 0.3 is 0 Å². The molecule has 0 radical (unpaired) electrons. The molecule has 5 nitrogen and oxygen atoms in total. The van der Waals surface area contributed by atoms with Crippen LogP contribution in [-0.2, 0) is 13.0 Å². The summed E-state index contributed by atoms with van der Waals surface area (Å²) in [6.07, 6.45) is 0.669. The van der Waals surface area contributed by atoms with Gasteiger partial charge in [-0.3, -0.25) is 4.90 Å². The Morgan fingerprint density at radius 3 is 2.57 bits per heavy atom. The van der Waals surface area contributed by atoms with Crippen molar-refractivity contribution in [1.29, 1.82) is 0 Å². The summed E-state index contributed by atoms with van der Waals surface area (Å²) >= 11 is 0. The third-order valence-electron chi connectivity index (χ3n) is 3.13. The first-order chi connectivity index (χ1) is 9.96. The molecule has 21 heavy (non-hydrogen) atoms. The van der Waals surface area contributed by atoms with E-state index in [1.807, 2.05) is 37.3 Å². The summed E-state index contributed by atoms with van der Waals surface area (Å²) < 4.78 is 5.30. The van der Waals surface area contributed by atoms with Crippen molar-refractivity contribution in [3.8, 4) is 0 Å². The maximum Gasteiger partial charge on any atom is 0.240 e. The summed E-state index contributed by atoms with van der Waals surface area (Å²) in [6.45, 7) is 7.59. The molecule has 0 aliphatic rings. The number of nitrogens with zero attached hydrogens (tertiary/aromatic N) is 3. The maximum atomic E-state index is 9.89. The number of aliphatic hydroxyl groups is 1. The van der Waals surface area contributed by atoms with Crippen molar-refractivity contribution >= 4 is 0 Å². The van der Waals surface area contributed by atoms with Crippen LogP contribution in [0, 0.1) is 0 Å². The lowest BCUT2D eigenvalue weighted by atomic mass is 10.1. The van der Waals surface area contributed by atoms with Gasteiger partial charge in [-0.15, -0.1) is 0 Å². The molecule has 0 bridgehead atoms. The van der Waals surface area contributed by atoms with Crippen molar-refractivity contribution in [2.45, 2.75) is 39.3 Å². The molecule has 0 saturated heterocycles. The normalized spacial score (nSPS) is 12.0. The Kier molecular flexibility index (Phi) is 5.09. The number of hydrogen-bond acceptors (Lipinski definition) is 5. The molecule has 0 amide bonds. The highest BCUT2D eigenvalue weighted by Crippen LogP contribution is 2.10. The molecule has 0 aliphatic carbocycles. The summed E-state index contributed by atoms with van der Waals surface area (Å²) in [5.74, 6) is 1.28. The summed E-state index contributed by atoms with van der Waals surface area (Å²) in [6, 6.07) is 10.1. The first kappa shape index (κ1) is 15.7. The molecule has 0 fully saturated rings. The lowest BCUT2D eigenvalue weighted by Crippen LogP contribution is -2.38. The van der Waals surface area contributed by atoms with Crippen LogP contribution in [0.25, 0.3) is 0 Å². The molecular weight excluding hydrogens is 266 g/mol. The second-order valence-corrected chi connectivity index (χ2v) is 5.88. The molecule has 1 aromatic heterocycles. The second-order valence-electron chi connectivity index (χ2n) is 5.88. The fourth-order valence-electron chi connectivity index (χ4n) is 2.22. The SMILES string of the molecule is CCN(Cc1nc(Cc2ccccc2)no1)CC(C)(C)O. The average Bonchev–Trinajstić information content (AvgIpc) is 2.85. The Morgan fingerprint density at radius 2 is 1.95 bits per heavy atom. The number of aromatic nitrogens is 2. The average molecular weight is 289 g/mol. The molecule has 0 spiro atoms. The van der Waals surface area contributed by atoms with E-state index in [-0.39, 0.29) is 0 Å². The Bertz CT molecular complexity index is 546. The van der Waals surface area contributed by atoms with Crippen LogP contribution in [0.4, 0.5) is 0 Å². The lowest BCUT2D eigenvalue weighted by molar-refractivity contribution is 0.0322. The molecule has 0 atom stereocenters. The molecule has 114 valence electrons. The van der Waals surface area contributed by atoms with Gasteiger partial charge in [-0.25, -0.2) is 0 Å². The Labute approximate surface area is 125 Å². The van der Waals surface area contributed by atoms with Gasteiger partial charge < -0.3 is 9.63 Å². The Morgan fingerprint density at radius 1 is 1.24 bits per heavy atom. The van der Waals surface area contributed by atoms with Gasteiger partial charge in [-0.2, -0.15) is 4.98 Å². The van der Waals surface area contributed by atoms with Gasteiger partial charge in [-0.1, -0.05) is 42.4 Å². The van der Waals surface area contributed by atoms with Crippen molar-refractivity contribution < 1.29 is 9.63 Å². The summed E-state index contributed by atoms with van der Waals surface area (Å²) in [5.41, 5.74) is 0.428. The molecule has 0 unspecified atom stereocenters. The molecule has 0 saturated carbocycles. The van der Waals surface area contributed by atoms with E-state index in [2.05, 4.69) is 15.0 Å². The van der Waals surface area contributed by atoms with Crippen molar-refractivity contribution in [2.24, 2.45) is 0 Å². The highest BCUT2D eigenvalue weighted by Gasteiger charge is 2.19. The summed E-state index contributed by atoms with van der Waals surface area (Å²) in [7, 11) is 0. The Hall–Kier alpha value is -1.72. The van der Waals surface area contributed by atoms with Crippen molar-refractivity contribution in [3.05, 3.63) is 47.6 Å². The van der Waals surface area contributed by atoms with Crippen LogP contribution in [0.15, 0.2) is 34.9 Å². The van der Waals surface area contributed by atoms with Gasteiger partial charge in [-0.05, 0) is 26.0 Å². The quantitative estimate of drug-likeness (QED) is 0.847. The minimum absolute atomic E-state index is 0.558. The van der Waals surface area contributed by atoms with Gasteiger partial charge in [0.2, 0.25) is 5.89 Å². The van der Waals surface area contributed by atoms with Crippen LogP contribution in [0.3, 0.4) is 0 Å². The molecule has 5 heteroatoms. The number of likely N-dealkylation sites (N-methyl/N-ethyl adjacent to an activating group) is 1. The molecular formula is C16H23N3O2. The van der Waals surface area contributed by atoms with E-state index < -0.39 is 5.60 Å². The summed E-state index contributed by atoms with van der Waals surface area (Å²) in [5, 5.41) is 13.9. The van der Waals surface area contributed by atoms with Crippen molar-refractivity contribution in [2.75, 3.05) is 13.1 Å².